The standard InChI is InChI=1S/C11H6ClFN4/c12-7-5-8(13)11(14-6-7)17-10-4-2-1-3-9(10)15-16-17/h1-6H. The second-order valence-corrected chi connectivity index (χ2v) is 3.89. The Labute approximate surface area is 101 Å². The minimum Gasteiger partial charge on any atom is -0.233 e. The van der Waals surface area contributed by atoms with Gasteiger partial charge < -0.3 is 0 Å². The maximum Gasteiger partial charge on any atom is 0.192 e. The van der Waals surface area contributed by atoms with Gasteiger partial charge in [0, 0.05) is 6.20 Å². The molecule has 0 saturated carbocycles. The van der Waals surface area contributed by atoms with Crippen LogP contribution >= 0.6 is 11.6 Å². The van der Waals surface area contributed by atoms with E-state index in [9.17, 15) is 4.39 Å². The van der Waals surface area contributed by atoms with E-state index in [0.29, 0.717) is 11.0 Å². The molecule has 0 spiro atoms. The normalized spacial score (nSPS) is 10.9. The van der Waals surface area contributed by atoms with E-state index in [0.717, 1.165) is 0 Å². The number of hydrogen-bond acceptors (Lipinski definition) is 3. The largest absolute Gasteiger partial charge is 0.233 e. The predicted octanol–water partition coefficient (Wildman–Crippen LogP) is 2.61. The molecule has 4 nitrogen and oxygen atoms in total. The molecular formula is C11H6ClFN4. The second kappa shape index (κ2) is 3.78. The number of halogens is 2. The fraction of sp³-hybridized carbons (Fsp3) is 0. The van der Waals surface area contributed by atoms with Crippen LogP contribution in [0, 0.1) is 5.82 Å². The molecule has 3 rings (SSSR count). The topological polar surface area (TPSA) is 43.6 Å². The monoisotopic (exact) mass is 248 g/mol. The van der Waals surface area contributed by atoms with Crippen molar-refractivity contribution in [2.24, 2.45) is 0 Å². The number of rotatable bonds is 1. The molecule has 2 aromatic heterocycles. The molecule has 0 fully saturated rings. The Balaban J connectivity index is 2.27. The van der Waals surface area contributed by atoms with E-state index in [2.05, 4.69) is 15.3 Å². The summed E-state index contributed by atoms with van der Waals surface area (Å²) in [5, 5.41) is 8.06. The molecule has 3 aromatic rings. The Bertz CT molecular complexity index is 695. The van der Waals surface area contributed by atoms with Gasteiger partial charge in [0.25, 0.3) is 0 Å². The molecule has 0 saturated heterocycles. The van der Waals surface area contributed by atoms with Gasteiger partial charge in [-0.1, -0.05) is 28.9 Å². The van der Waals surface area contributed by atoms with Crippen molar-refractivity contribution in [1.29, 1.82) is 0 Å². The van der Waals surface area contributed by atoms with E-state index in [1.165, 1.54) is 16.9 Å². The Morgan fingerprint density at radius 2 is 2.06 bits per heavy atom. The van der Waals surface area contributed by atoms with Crippen LogP contribution in [0.2, 0.25) is 5.02 Å². The van der Waals surface area contributed by atoms with Crippen LogP contribution in [0.25, 0.3) is 16.9 Å². The van der Waals surface area contributed by atoms with Crippen LogP contribution in [-0.4, -0.2) is 20.0 Å². The van der Waals surface area contributed by atoms with Crippen molar-refractivity contribution >= 4 is 22.6 Å². The quantitative estimate of drug-likeness (QED) is 0.665. The second-order valence-electron chi connectivity index (χ2n) is 3.45. The first-order valence-electron chi connectivity index (χ1n) is 4.87. The minimum absolute atomic E-state index is 0.0862. The van der Waals surface area contributed by atoms with Crippen LogP contribution in [0.3, 0.4) is 0 Å². The minimum atomic E-state index is -0.534. The van der Waals surface area contributed by atoms with Crippen molar-refractivity contribution in [2.75, 3.05) is 0 Å². The van der Waals surface area contributed by atoms with Crippen LogP contribution in [0.1, 0.15) is 0 Å². The van der Waals surface area contributed by atoms with Crippen molar-refractivity contribution in [3.05, 3.63) is 47.4 Å². The Hall–Kier alpha value is -2.01. The summed E-state index contributed by atoms with van der Waals surface area (Å²) >= 11 is 5.65. The molecular weight excluding hydrogens is 243 g/mol. The summed E-state index contributed by atoms with van der Waals surface area (Å²) in [4.78, 5) is 3.92. The number of aromatic nitrogens is 4. The van der Waals surface area contributed by atoms with E-state index in [1.54, 1.807) is 12.1 Å². The van der Waals surface area contributed by atoms with Crippen molar-refractivity contribution < 1.29 is 4.39 Å². The molecule has 0 aliphatic carbocycles. The lowest BCUT2D eigenvalue weighted by atomic mass is 10.3. The highest BCUT2D eigenvalue weighted by Gasteiger charge is 2.11. The van der Waals surface area contributed by atoms with Gasteiger partial charge in [-0.2, -0.15) is 4.68 Å². The average Bonchev–Trinajstić information content (AvgIpc) is 2.73. The summed E-state index contributed by atoms with van der Waals surface area (Å²) in [5.74, 6) is -0.448. The molecule has 17 heavy (non-hydrogen) atoms. The Kier molecular flexibility index (Phi) is 2.26. The Morgan fingerprint density at radius 1 is 1.24 bits per heavy atom. The average molecular weight is 249 g/mol. The number of benzene rings is 1. The Morgan fingerprint density at radius 3 is 2.88 bits per heavy atom. The summed E-state index contributed by atoms with van der Waals surface area (Å²) in [5.41, 5.74) is 1.38. The number of hydrogen-bond donors (Lipinski definition) is 0. The first-order valence-corrected chi connectivity index (χ1v) is 5.25. The summed E-state index contributed by atoms with van der Waals surface area (Å²) in [6.07, 6.45) is 1.37. The van der Waals surface area contributed by atoms with Gasteiger partial charge in [0.15, 0.2) is 11.6 Å². The van der Waals surface area contributed by atoms with Gasteiger partial charge in [0.05, 0.1) is 10.5 Å². The van der Waals surface area contributed by atoms with Crippen molar-refractivity contribution in [3.63, 3.8) is 0 Å². The first-order chi connectivity index (χ1) is 8.25. The molecule has 2 heterocycles. The third-order valence-electron chi connectivity index (χ3n) is 2.34. The van der Waals surface area contributed by atoms with Crippen LogP contribution in [0.5, 0.6) is 0 Å². The molecule has 0 aliphatic heterocycles. The lowest BCUT2D eigenvalue weighted by Crippen LogP contribution is -2.02. The highest BCUT2D eigenvalue weighted by Crippen LogP contribution is 2.18. The molecule has 0 unspecified atom stereocenters. The van der Waals surface area contributed by atoms with E-state index >= 15 is 0 Å². The molecule has 0 aliphatic rings. The van der Waals surface area contributed by atoms with Gasteiger partial charge >= 0.3 is 0 Å². The maximum absolute atomic E-state index is 13.7. The summed E-state index contributed by atoms with van der Waals surface area (Å²) < 4.78 is 15.1. The molecule has 6 heteroatoms. The van der Waals surface area contributed by atoms with E-state index in [-0.39, 0.29) is 10.8 Å². The number of nitrogens with zero attached hydrogens (tertiary/aromatic N) is 4. The number of fused-ring (bicyclic) bond motifs is 1. The third-order valence-corrected chi connectivity index (χ3v) is 2.55. The molecule has 0 atom stereocenters. The van der Waals surface area contributed by atoms with Crippen molar-refractivity contribution in [1.82, 2.24) is 20.0 Å². The maximum atomic E-state index is 13.7. The molecule has 84 valence electrons. The molecule has 0 amide bonds. The van der Waals surface area contributed by atoms with E-state index < -0.39 is 5.82 Å². The van der Waals surface area contributed by atoms with E-state index in [4.69, 9.17) is 11.6 Å². The smallest absolute Gasteiger partial charge is 0.192 e. The summed E-state index contributed by atoms with van der Waals surface area (Å²) in [7, 11) is 0. The fourth-order valence-corrected chi connectivity index (χ4v) is 1.73. The van der Waals surface area contributed by atoms with Gasteiger partial charge in [0.1, 0.15) is 5.52 Å². The zero-order valence-corrected chi connectivity index (χ0v) is 9.26. The summed E-state index contributed by atoms with van der Waals surface area (Å²) in [6, 6.07) is 8.46. The van der Waals surface area contributed by atoms with Crippen LogP contribution in [-0.2, 0) is 0 Å². The molecule has 0 N–H and O–H groups in total. The zero-order valence-electron chi connectivity index (χ0n) is 8.51. The van der Waals surface area contributed by atoms with Gasteiger partial charge in [-0.3, -0.25) is 0 Å². The fourth-order valence-electron chi connectivity index (χ4n) is 1.59. The van der Waals surface area contributed by atoms with Crippen molar-refractivity contribution in [2.45, 2.75) is 0 Å². The van der Waals surface area contributed by atoms with Gasteiger partial charge in [-0.25, -0.2) is 9.37 Å². The van der Waals surface area contributed by atoms with Crippen LogP contribution < -0.4 is 0 Å². The van der Waals surface area contributed by atoms with Gasteiger partial charge in [-0.15, -0.1) is 5.10 Å². The van der Waals surface area contributed by atoms with Crippen LogP contribution in [0.4, 0.5) is 4.39 Å². The number of pyridine rings is 1. The summed E-state index contributed by atoms with van der Waals surface area (Å²) in [6.45, 7) is 0. The van der Waals surface area contributed by atoms with Gasteiger partial charge in [-0.05, 0) is 18.2 Å². The highest BCUT2D eigenvalue weighted by molar-refractivity contribution is 6.30. The highest BCUT2D eigenvalue weighted by atomic mass is 35.5. The molecule has 0 bridgehead atoms. The van der Waals surface area contributed by atoms with Gasteiger partial charge in [0.2, 0.25) is 0 Å². The molecule has 1 aromatic carbocycles. The SMILES string of the molecule is Fc1cc(Cl)cnc1-n1nnc2ccccc21. The zero-order chi connectivity index (χ0) is 11.8. The predicted molar refractivity (Wildman–Crippen MR) is 61.6 cm³/mol. The lowest BCUT2D eigenvalue weighted by Gasteiger charge is -2.02. The number of para-hydroxylation sites is 1. The van der Waals surface area contributed by atoms with E-state index in [1.807, 2.05) is 12.1 Å². The molecule has 0 radical (unpaired) electrons. The third kappa shape index (κ3) is 1.64. The van der Waals surface area contributed by atoms with Crippen molar-refractivity contribution in [3.8, 4) is 5.82 Å². The lowest BCUT2D eigenvalue weighted by molar-refractivity contribution is 0.599. The first kappa shape index (κ1) is 10.2. The van der Waals surface area contributed by atoms with Crippen LogP contribution in [0.15, 0.2) is 36.5 Å².